The van der Waals surface area contributed by atoms with Gasteiger partial charge in [-0.2, -0.15) is 0 Å². The lowest BCUT2D eigenvalue weighted by Crippen LogP contribution is -2.30. The molecule has 0 saturated carbocycles. The number of hydrogen-bond acceptors (Lipinski definition) is 3. The first kappa shape index (κ1) is 17.8. The summed E-state index contributed by atoms with van der Waals surface area (Å²) >= 11 is 0. The highest BCUT2D eigenvalue weighted by atomic mass is 16.5. The lowest BCUT2D eigenvalue weighted by atomic mass is 10.1. The van der Waals surface area contributed by atoms with Crippen LogP contribution in [0.15, 0.2) is 35.0 Å². The number of aliphatic imine (C=N–C) groups is 1. The molecule has 0 N–H and O–H groups in total. The summed E-state index contributed by atoms with van der Waals surface area (Å²) in [7, 11) is 0. The Morgan fingerprint density at radius 3 is 2.83 bits per heavy atom. The number of terminal acetylenes is 1. The van der Waals surface area contributed by atoms with Crippen molar-refractivity contribution in [3.8, 4) is 18.1 Å². The van der Waals surface area contributed by atoms with E-state index in [0.29, 0.717) is 18.1 Å². The quantitative estimate of drug-likeness (QED) is 0.414. The summed E-state index contributed by atoms with van der Waals surface area (Å²) in [4.78, 5) is 18.2. The number of ether oxygens (including phenoxy) is 1. The number of benzene rings is 1. The van der Waals surface area contributed by atoms with E-state index in [9.17, 15) is 4.79 Å². The van der Waals surface area contributed by atoms with Crippen molar-refractivity contribution in [3.63, 3.8) is 0 Å². The number of carbonyl (C=O) groups is 1. The van der Waals surface area contributed by atoms with Gasteiger partial charge >= 0.3 is 0 Å². The fraction of sp³-hybridized carbons (Fsp3) is 0.400. The molecule has 0 fully saturated rings. The fourth-order valence-corrected chi connectivity index (χ4v) is 2.53. The van der Waals surface area contributed by atoms with Gasteiger partial charge in [0.05, 0.1) is 13.2 Å². The number of hydrogen-bond donors (Lipinski definition) is 0. The molecule has 0 unspecified atom stereocenters. The Labute approximate surface area is 144 Å². The third-order valence-electron chi connectivity index (χ3n) is 3.85. The van der Waals surface area contributed by atoms with Crippen LogP contribution < -0.4 is 4.74 Å². The Morgan fingerprint density at radius 1 is 1.29 bits per heavy atom. The largest absolute Gasteiger partial charge is 0.493 e. The van der Waals surface area contributed by atoms with Crippen molar-refractivity contribution >= 4 is 17.8 Å². The molecule has 0 aliphatic carbocycles. The number of carbonyl (C=O) groups excluding carboxylic acids is 1. The second-order valence-corrected chi connectivity index (χ2v) is 5.73. The van der Waals surface area contributed by atoms with E-state index >= 15 is 0 Å². The lowest BCUT2D eigenvalue weighted by molar-refractivity contribution is -0.122. The van der Waals surface area contributed by atoms with Crippen LogP contribution in [-0.2, 0) is 4.79 Å². The van der Waals surface area contributed by atoms with Gasteiger partial charge in [-0.05, 0) is 25.5 Å². The van der Waals surface area contributed by atoms with E-state index in [4.69, 9.17) is 11.2 Å². The van der Waals surface area contributed by atoms with Crippen LogP contribution in [0, 0.1) is 12.3 Å². The first-order chi connectivity index (χ1) is 11.7. The summed E-state index contributed by atoms with van der Waals surface area (Å²) in [6.45, 7) is 4.89. The third kappa shape index (κ3) is 4.48. The average molecular weight is 324 g/mol. The van der Waals surface area contributed by atoms with Crippen LogP contribution in [0.5, 0.6) is 5.75 Å². The lowest BCUT2D eigenvalue weighted by Gasteiger charge is -2.11. The minimum atomic E-state index is -0.164. The fourth-order valence-electron chi connectivity index (χ4n) is 2.53. The molecular weight excluding hydrogens is 300 g/mol. The van der Waals surface area contributed by atoms with Gasteiger partial charge < -0.3 is 4.74 Å². The zero-order valence-electron chi connectivity index (χ0n) is 14.4. The van der Waals surface area contributed by atoms with Gasteiger partial charge in [-0.3, -0.25) is 9.69 Å². The Hall–Kier alpha value is -2.54. The van der Waals surface area contributed by atoms with E-state index in [1.807, 2.05) is 24.3 Å². The van der Waals surface area contributed by atoms with Gasteiger partial charge in [-0.15, -0.1) is 6.42 Å². The predicted octanol–water partition coefficient (Wildman–Crippen LogP) is 3.88. The van der Waals surface area contributed by atoms with Crippen molar-refractivity contribution in [2.24, 2.45) is 4.99 Å². The highest BCUT2D eigenvalue weighted by molar-refractivity contribution is 6.13. The molecule has 0 spiro atoms. The zero-order valence-corrected chi connectivity index (χ0v) is 14.4. The summed E-state index contributed by atoms with van der Waals surface area (Å²) in [5, 5.41) is 0. The minimum absolute atomic E-state index is 0.164. The Kier molecular flexibility index (Phi) is 6.62. The van der Waals surface area contributed by atoms with Crippen molar-refractivity contribution in [1.29, 1.82) is 0 Å². The molecule has 0 radical (unpaired) electrons. The molecule has 4 nitrogen and oxygen atoms in total. The standard InChI is InChI=1S/C20H24N2O2/c1-4-6-7-10-14-24-19-12-9-8-11-17(19)15-18-20(23)22(13-5-2)16(3)21-18/h2,8-9,11-12,15H,4,6-7,10,13-14H2,1,3H3/b18-15-. The zero-order chi connectivity index (χ0) is 17.4. The van der Waals surface area contributed by atoms with E-state index in [1.54, 1.807) is 13.0 Å². The summed E-state index contributed by atoms with van der Waals surface area (Å²) in [6.07, 6.45) is 11.7. The monoisotopic (exact) mass is 324 g/mol. The van der Waals surface area contributed by atoms with E-state index < -0.39 is 0 Å². The van der Waals surface area contributed by atoms with Gasteiger partial charge in [0.15, 0.2) is 0 Å². The van der Waals surface area contributed by atoms with E-state index in [2.05, 4.69) is 17.8 Å². The maximum Gasteiger partial charge on any atom is 0.278 e. The number of amides is 1. The molecule has 2 rings (SSSR count). The van der Waals surface area contributed by atoms with E-state index in [0.717, 1.165) is 17.7 Å². The molecule has 126 valence electrons. The predicted molar refractivity (Wildman–Crippen MR) is 97.7 cm³/mol. The third-order valence-corrected chi connectivity index (χ3v) is 3.85. The second kappa shape index (κ2) is 8.93. The summed E-state index contributed by atoms with van der Waals surface area (Å²) in [5.41, 5.74) is 1.25. The Morgan fingerprint density at radius 2 is 2.08 bits per heavy atom. The van der Waals surface area contributed by atoms with Crippen LogP contribution in [-0.4, -0.2) is 29.8 Å². The first-order valence-corrected chi connectivity index (χ1v) is 8.41. The number of para-hydroxylation sites is 1. The van der Waals surface area contributed by atoms with Gasteiger partial charge in [-0.25, -0.2) is 4.99 Å². The van der Waals surface area contributed by atoms with Gasteiger partial charge in [0, 0.05) is 5.56 Å². The summed E-state index contributed by atoms with van der Waals surface area (Å²) in [5.74, 6) is 3.72. The topological polar surface area (TPSA) is 41.9 Å². The second-order valence-electron chi connectivity index (χ2n) is 5.73. The molecule has 24 heavy (non-hydrogen) atoms. The van der Waals surface area contributed by atoms with Crippen LogP contribution in [0.2, 0.25) is 0 Å². The molecule has 0 aromatic heterocycles. The molecule has 0 saturated heterocycles. The maximum atomic E-state index is 12.4. The molecule has 1 aliphatic rings. The van der Waals surface area contributed by atoms with Crippen molar-refractivity contribution in [2.45, 2.75) is 39.5 Å². The number of nitrogens with zero attached hydrogens (tertiary/aromatic N) is 2. The van der Waals surface area contributed by atoms with Crippen LogP contribution in [0.1, 0.15) is 45.1 Å². The van der Waals surface area contributed by atoms with Crippen LogP contribution >= 0.6 is 0 Å². The molecular formula is C20H24N2O2. The van der Waals surface area contributed by atoms with Crippen molar-refractivity contribution in [3.05, 3.63) is 35.5 Å². The summed E-state index contributed by atoms with van der Waals surface area (Å²) in [6, 6.07) is 7.70. The molecule has 1 aliphatic heterocycles. The van der Waals surface area contributed by atoms with E-state index in [-0.39, 0.29) is 12.5 Å². The van der Waals surface area contributed by atoms with Crippen LogP contribution in [0.4, 0.5) is 0 Å². The molecule has 0 atom stereocenters. The maximum absolute atomic E-state index is 12.4. The molecule has 1 amide bonds. The number of amidine groups is 1. The Balaban J connectivity index is 2.10. The molecule has 1 aromatic carbocycles. The van der Waals surface area contributed by atoms with E-state index in [1.165, 1.54) is 24.2 Å². The van der Waals surface area contributed by atoms with Gasteiger partial charge in [0.1, 0.15) is 17.3 Å². The summed E-state index contributed by atoms with van der Waals surface area (Å²) < 4.78 is 5.88. The van der Waals surface area contributed by atoms with Gasteiger partial charge in [0.2, 0.25) is 0 Å². The Bertz CT molecular complexity index is 683. The molecule has 1 aromatic rings. The van der Waals surface area contributed by atoms with Crippen LogP contribution in [0.25, 0.3) is 6.08 Å². The minimum Gasteiger partial charge on any atom is -0.493 e. The average Bonchev–Trinajstić information content (AvgIpc) is 2.84. The highest BCUT2D eigenvalue weighted by Crippen LogP contribution is 2.24. The van der Waals surface area contributed by atoms with Crippen molar-refractivity contribution < 1.29 is 9.53 Å². The molecule has 4 heteroatoms. The van der Waals surface area contributed by atoms with Crippen molar-refractivity contribution in [1.82, 2.24) is 4.90 Å². The molecule has 1 heterocycles. The highest BCUT2D eigenvalue weighted by Gasteiger charge is 2.26. The first-order valence-electron chi connectivity index (χ1n) is 8.41. The smallest absolute Gasteiger partial charge is 0.278 e. The number of rotatable bonds is 8. The number of unbranched alkanes of at least 4 members (excludes halogenated alkanes) is 3. The van der Waals surface area contributed by atoms with Crippen LogP contribution in [0.3, 0.4) is 0 Å². The normalized spacial score (nSPS) is 15.5. The van der Waals surface area contributed by atoms with Gasteiger partial charge in [-0.1, -0.05) is 50.3 Å². The van der Waals surface area contributed by atoms with Crippen molar-refractivity contribution in [2.75, 3.05) is 13.2 Å². The van der Waals surface area contributed by atoms with Gasteiger partial charge in [0.25, 0.3) is 5.91 Å². The SMILES string of the molecule is C#CCN1C(=O)/C(=C/c2ccccc2OCCCCCC)N=C1C. The molecule has 0 bridgehead atoms.